The van der Waals surface area contributed by atoms with Crippen LogP contribution in [0, 0.1) is 6.92 Å². The average Bonchev–Trinajstić information content (AvgIpc) is 3.13. The molecule has 1 N–H and O–H groups in total. The highest BCUT2D eigenvalue weighted by atomic mass is 32.2. The first kappa shape index (κ1) is 18.5. The number of hydrogen-bond acceptors (Lipinski definition) is 8. The molecule has 8 heteroatoms. The van der Waals surface area contributed by atoms with Crippen LogP contribution >= 0.6 is 23.1 Å². The van der Waals surface area contributed by atoms with E-state index in [4.69, 9.17) is 9.15 Å². The third-order valence-electron chi connectivity index (χ3n) is 4.09. The van der Waals surface area contributed by atoms with Gasteiger partial charge in [-0.3, -0.25) is 0 Å². The Morgan fingerprint density at radius 1 is 1.18 bits per heavy atom. The van der Waals surface area contributed by atoms with Crippen molar-refractivity contribution in [1.82, 2.24) is 10.2 Å². The molecule has 4 rings (SSSR count). The van der Waals surface area contributed by atoms with Crippen LogP contribution in [-0.4, -0.2) is 17.3 Å². The normalized spacial score (nSPS) is 10.9. The quantitative estimate of drug-likeness (QED) is 0.353. The summed E-state index contributed by atoms with van der Waals surface area (Å²) in [6.07, 6.45) is 0. The second-order valence-corrected chi connectivity index (χ2v) is 8.28. The van der Waals surface area contributed by atoms with Crippen LogP contribution in [0.1, 0.15) is 11.1 Å². The van der Waals surface area contributed by atoms with Crippen molar-refractivity contribution in [3.8, 4) is 5.75 Å². The van der Waals surface area contributed by atoms with Gasteiger partial charge in [-0.05, 0) is 36.2 Å². The van der Waals surface area contributed by atoms with E-state index >= 15 is 0 Å². The summed E-state index contributed by atoms with van der Waals surface area (Å²) in [5.74, 6) is 1.35. The molecular weight excluding hydrogens is 394 g/mol. The molecule has 0 fully saturated rings. The molecule has 0 amide bonds. The molecule has 142 valence electrons. The Morgan fingerprint density at radius 2 is 2.04 bits per heavy atom. The zero-order chi connectivity index (χ0) is 19.5. The first-order chi connectivity index (χ1) is 13.6. The van der Waals surface area contributed by atoms with Crippen LogP contribution in [0.25, 0.3) is 11.0 Å². The van der Waals surface area contributed by atoms with Crippen LogP contribution in [0.5, 0.6) is 5.75 Å². The lowest BCUT2D eigenvalue weighted by molar-refractivity contribution is 0.417. The fraction of sp³-hybridized carbons (Fsp3) is 0.150. The van der Waals surface area contributed by atoms with Gasteiger partial charge >= 0.3 is 5.63 Å². The van der Waals surface area contributed by atoms with Gasteiger partial charge in [0, 0.05) is 17.2 Å². The van der Waals surface area contributed by atoms with Crippen LogP contribution in [0.4, 0.5) is 10.8 Å². The van der Waals surface area contributed by atoms with E-state index in [9.17, 15) is 4.79 Å². The van der Waals surface area contributed by atoms with E-state index in [0.29, 0.717) is 16.5 Å². The molecule has 2 aromatic heterocycles. The van der Waals surface area contributed by atoms with Gasteiger partial charge in [0.15, 0.2) is 4.34 Å². The number of aryl methyl sites for hydroxylation is 1. The van der Waals surface area contributed by atoms with E-state index in [1.165, 1.54) is 23.1 Å². The summed E-state index contributed by atoms with van der Waals surface area (Å²) in [5.41, 5.74) is 3.07. The molecule has 0 aliphatic carbocycles. The van der Waals surface area contributed by atoms with Crippen molar-refractivity contribution in [3.63, 3.8) is 0 Å². The molecule has 28 heavy (non-hydrogen) atoms. The van der Waals surface area contributed by atoms with Crippen molar-refractivity contribution in [2.45, 2.75) is 17.0 Å². The van der Waals surface area contributed by atoms with E-state index in [0.717, 1.165) is 32.3 Å². The second-order valence-electron chi connectivity index (χ2n) is 6.08. The first-order valence-corrected chi connectivity index (χ1v) is 10.3. The molecule has 0 aliphatic rings. The van der Waals surface area contributed by atoms with Gasteiger partial charge in [0.05, 0.1) is 12.8 Å². The zero-order valence-electron chi connectivity index (χ0n) is 15.3. The molecule has 4 aromatic rings. The number of methoxy groups -OCH3 is 1. The number of nitrogens with zero attached hydrogens (tertiary/aromatic N) is 2. The Bertz CT molecular complexity index is 1190. The number of anilines is 2. The lowest BCUT2D eigenvalue weighted by Crippen LogP contribution is -2.00. The molecule has 0 spiro atoms. The number of rotatable bonds is 6. The molecule has 2 heterocycles. The molecule has 2 aromatic carbocycles. The molecular formula is C20H17N3O3S2. The van der Waals surface area contributed by atoms with Crippen LogP contribution in [0.2, 0.25) is 0 Å². The third kappa shape index (κ3) is 4.02. The molecule has 0 saturated carbocycles. The minimum absolute atomic E-state index is 0.343. The number of benzene rings is 2. The van der Waals surface area contributed by atoms with E-state index in [1.54, 1.807) is 13.2 Å². The summed E-state index contributed by atoms with van der Waals surface area (Å²) in [4.78, 5) is 11.9. The summed E-state index contributed by atoms with van der Waals surface area (Å²) in [5, 5.41) is 13.3. The second kappa shape index (κ2) is 8.04. The summed E-state index contributed by atoms with van der Waals surface area (Å²) < 4.78 is 11.5. The van der Waals surface area contributed by atoms with Crippen LogP contribution in [0.15, 0.2) is 62.1 Å². The number of para-hydroxylation sites is 2. The lowest BCUT2D eigenvalue weighted by atomic mass is 10.1. The number of thioether (sulfide) groups is 1. The van der Waals surface area contributed by atoms with E-state index in [1.807, 2.05) is 49.4 Å². The van der Waals surface area contributed by atoms with Crippen molar-refractivity contribution in [2.75, 3.05) is 12.4 Å². The largest absolute Gasteiger partial charge is 0.495 e. The number of hydrogen-bond donors (Lipinski definition) is 1. The topological polar surface area (TPSA) is 77.2 Å². The van der Waals surface area contributed by atoms with Crippen LogP contribution in [0.3, 0.4) is 0 Å². The molecule has 0 bridgehead atoms. The Balaban J connectivity index is 1.51. The van der Waals surface area contributed by atoms with Crippen molar-refractivity contribution in [2.24, 2.45) is 0 Å². The Labute approximate surface area is 169 Å². The average molecular weight is 412 g/mol. The highest BCUT2D eigenvalue weighted by Crippen LogP contribution is 2.33. The van der Waals surface area contributed by atoms with Crippen molar-refractivity contribution >= 4 is 44.9 Å². The van der Waals surface area contributed by atoms with Crippen molar-refractivity contribution in [1.29, 1.82) is 0 Å². The molecule has 0 radical (unpaired) electrons. The molecule has 0 saturated heterocycles. The highest BCUT2D eigenvalue weighted by molar-refractivity contribution is 8.00. The predicted octanol–water partition coefficient (Wildman–Crippen LogP) is 5.00. The maximum absolute atomic E-state index is 11.9. The smallest absolute Gasteiger partial charge is 0.336 e. The number of aromatic nitrogens is 2. The standard InChI is InChI=1S/C20H17N3O3S2/c1-12-7-8-14-13(10-18(24)26-17(14)9-12)11-27-20-23-22-19(28-20)21-15-5-3-4-6-16(15)25-2/h3-10H,11H2,1-2H3,(H,21,22). The van der Waals surface area contributed by atoms with Crippen LogP contribution < -0.4 is 15.7 Å². The molecule has 0 aliphatic heterocycles. The van der Waals surface area contributed by atoms with Gasteiger partial charge in [-0.1, -0.05) is 47.4 Å². The number of fused-ring (bicyclic) bond motifs is 1. The van der Waals surface area contributed by atoms with Gasteiger partial charge < -0.3 is 14.5 Å². The Kier molecular flexibility index (Phi) is 5.31. The maximum Gasteiger partial charge on any atom is 0.336 e. The highest BCUT2D eigenvalue weighted by Gasteiger charge is 2.11. The lowest BCUT2D eigenvalue weighted by Gasteiger charge is -2.07. The molecule has 0 unspecified atom stereocenters. The summed E-state index contributed by atoms with van der Waals surface area (Å²) in [6.45, 7) is 1.97. The zero-order valence-corrected chi connectivity index (χ0v) is 16.9. The maximum atomic E-state index is 11.9. The van der Waals surface area contributed by atoms with Crippen molar-refractivity contribution in [3.05, 3.63) is 70.1 Å². The van der Waals surface area contributed by atoms with Gasteiger partial charge in [0.25, 0.3) is 0 Å². The van der Waals surface area contributed by atoms with Gasteiger partial charge in [-0.15, -0.1) is 10.2 Å². The fourth-order valence-electron chi connectivity index (χ4n) is 2.78. The third-order valence-corrected chi connectivity index (χ3v) is 6.11. The number of nitrogens with one attached hydrogen (secondary N) is 1. The Hall–Kier alpha value is -2.84. The monoisotopic (exact) mass is 411 g/mol. The van der Waals surface area contributed by atoms with E-state index < -0.39 is 0 Å². The fourth-order valence-corrected chi connectivity index (χ4v) is 4.53. The summed E-state index contributed by atoms with van der Waals surface area (Å²) >= 11 is 2.99. The van der Waals surface area contributed by atoms with Gasteiger partial charge in [-0.2, -0.15) is 0 Å². The number of ether oxygens (including phenoxy) is 1. The van der Waals surface area contributed by atoms with E-state index in [2.05, 4.69) is 15.5 Å². The van der Waals surface area contributed by atoms with E-state index in [-0.39, 0.29) is 5.63 Å². The van der Waals surface area contributed by atoms with Gasteiger partial charge in [0.1, 0.15) is 11.3 Å². The minimum Gasteiger partial charge on any atom is -0.495 e. The first-order valence-electron chi connectivity index (χ1n) is 8.52. The van der Waals surface area contributed by atoms with Gasteiger partial charge in [0.2, 0.25) is 5.13 Å². The predicted molar refractivity (Wildman–Crippen MR) is 113 cm³/mol. The summed E-state index contributed by atoms with van der Waals surface area (Å²) in [7, 11) is 1.63. The van der Waals surface area contributed by atoms with Gasteiger partial charge in [-0.25, -0.2) is 4.79 Å². The SMILES string of the molecule is COc1ccccc1Nc1nnc(SCc2cc(=O)oc3cc(C)ccc23)s1. The molecule has 6 nitrogen and oxygen atoms in total. The molecule has 0 atom stereocenters. The van der Waals surface area contributed by atoms with Crippen molar-refractivity contribution < 1.29 is 9.15 Å². The Morgan fingerprint density at radius 3 is 2.89 bits per heavy atom. The van der Waals surface area contributed by atoms with Crippen LogP contribution in [-0.2, 0) is 5.75 Å². The minimum atomic E-state index is -0.343. The summed E-state index contributed by atoms with van der Waals surface area (Å²) in [6, 6.07) is 15.1.